The Hall–Kier alpha value is -2.56. The van der Waals surface area contributed by atoms with E-state index in [1.807, 2.05) is 6.07 Å². The molecular weight excluding hydrogens is 601 g/mol. The van der Waals surface area contributed by atoms with Crippen molar-refractivity contribution in [1.82, 2.24) is 19.6 Å². The molecule has 0 aliphatic carbocycles. The van der Waals surface area contributed by atoms with Gasteiger partial charge in [0.25, 0.3) is 11.8 Å². The Bertz CT molecular complexity index is 1330. The first-order valence-corrected chi connectivity index (χ1v) is 15.4. The van der Waals surface area contributed by atoms with Gasteiger partial charge in [-0.2, -0.15) is 0 Å². The molecule has 0 radical (unpaired) electrons. The first-order chi connectivity index (χ1) is 19.9. The summed E-state index contributed by atoms with van der Waals surface area (Å²) in [4.78, 5) is 45.4. The van der Waals surface area contributed by atoms with E-state index >= 15 is 0 Å². The van der Waals surface area contributed by atoms with Crippen molar-refractivity contribution in [3.8, 4) is 0 Å². The summed E-state index contributed by atoms with van der Waals surface area (Å²) in [6.45, 7) is 7.96. The molecule has 2 N–H and O–H groups in total. The maximum absolute atomic E-state index is 13.2. The number of likely N-dealkylation sites (tertiary alicyclic amines) is 2. The predicted octanol–water partition coefficient (Wildman–Crippen LogP) is 3.95. The molecule has 3 fully saturated rings. The lowest BCUT2D eigenvalue weighted by Crippen LogP contribution is -2.61. The Balaban J connectivity index is 1.08. The van der Waals surface area contributed by atoms with Crippen molar-refractivity contribution >= 4 is 58.2 Å². The first-order valence-electron chi connectivity index (χ1n) is 14.3. The topological polar surface area (TPSA) is 96.4 Å². The zero-order chi connectivity index (χ0) is 30.2. The number of amides is 3. The number of halogens is 3. The molecule has 42 heavy (non-hydrogen) atoms. The number of aliphatic hydroxyl groups is 1. The van der Waals surface area contributed by atoms with Crippen molar-refractivity contribution in [2.24, 2.45) is 0 Å². The number of rotatable bonds is 6. The zero-order valence-corrected chi connectivity index (χ0v) is 26.1. The number of nitrogens with zero attached hydrogens (tertiary/aromatic N) is 4. The molecule has 0 saturated carbocycles. The minimum atomic E-state index is -1.71. The van der Waals surface area contributed by atoms with Gasteiger partial charge in [0, 0.05) is 81.1 Å². The van der Waals surface area contributed by atoms with Gasteiger partial charge in [0.05, 0.1) is 16.6 Å². The zero-order valence-electron chi connectivity index (χ0n) is 23.8. The maximum Gasteiger partial charge on any atom is 0.258 e. The van der Waals surface area contributed by atoms with Crippen LogP contribution in [0.2, 0.25) is 15.1 Å². The molecule has 0 bridgehead atoms. The number of hydrogen-bond acceptors (Lipinski definition) is 6. The molecule has 1 atom stereocenters. The quantitative estimate of drug-likeness (QED) is 0.499. The minimum Gasteiger partial charge on any atom is -0.380 e. The van der Waals surface area contributed by atoms with E-state index in [4.69, 9.17) is 34.8 Å². The van der Waals surface area contributed by atoms with Crippen molar-refractivity contribution in [1.29, 1.82) is 0 Å². The van der Waals surface area contributed by atoms with Crippen molar-refractivity contribution in [3.05, 3.63) is 62.6 Å². The molecule has 2 aromatic carbocycles. The summed E-state index contributed by atoms with van der Waals surface area (Å²) in [5, 5.41) is 15.7. The van der Waals surface area contributed by atoms with Crippen LogP contribution in [0.4, 0.5) is 5.69 Å². The van der Waals surface area contributed by atoms with Gasteiger partial charge in [0.1, 0.15) is 0 Å². The average molecular weight is 637 g/mol. The lowest BCUT2D eigenvalue weighted by molar-refractivity contribution is -0.152. The molecule has 226 valence electrons. The van der Waals surface area contributed by atoms with Gasteiger partial charge in [-0.1, -0.05) is 34.8 Å². The summed E-state index contributed by atoms with van der Waals surface area (Å²) < 4.78 is 0. The lowest BCUT2D eigenvalue weighted by atomic mass is 9.92. The van der Waals surface area contributed by atoms with Gasteiger partial charge in [0.2, 0.25) is 5.91 Å². The number of piperidine rings is 1. The van der Waals surface area contributed by atoms with E-state index in [-0.39, 0.29) is 23.8 Å². The van der Waals surface area contributed by atoms with Gasteiger partial charge in [-0.25, -0.2) is 0 Å². The summed E-state index contributed by atoms with van der Waals surface area (Å²) in [6, 6.07) is 10.8. The Morgan fingerprint density at radius 3 is 2.02 bits per heavy atom. The Labute approximate surface area is 261 Å². The summed E-state index contributed by atoms with van der Waals surface area (Å²) in [5.74, 6) is -0.442. The first kappa shape index (κ1) is 30.9. The average Bonchev–Trinajstić information content (AvgIpc) is 2.93. The van der Waals surface area contributed by atoms with E-state index in [0.29, 0.717) is 71.5 Å². The van der Waals surface area contributed by atoms with Crippen LogP contribution >= 0.6 is 34.8 Å². The largest absolute Gasteiger partial charge is 0.380 e. The van der Waals surface area contributed by atoms with Gasteiger partial charge in [-0.3, -0.25) is 19.3 Å². The maximum atomic E-state index is 13.2. The Kier molecular flexibility index (Phi) is 9.25. The van der Waals surface area contributed by atoms with Crippen LogP contribution in [0.25, 0.3) is 0 Å². The third kappa shape index (κ3) is 6.65. The monoisotopic (exact) mass is 635 g/mol. The molecule has 0 spiro atoms. The number of nitrogens with one attached hydrogen (secondary N) is 1. The van der Waals surface area contributed by atoms with Crippen molar-refractivity contribution in [2.45, 2.75) is 44.4 Å². The normalized spacial score (nSPS) is 20.2. The van der Waals surface area contributed by atoms with Crippen LogP contribution in [0.15, 0.2) is 36.4 Å². The number of carbonyl (C=O) groups excluding carboxylic acids is 3. The van der Waals surface area contributed by atoms with E-state index in [0.717, 1.165) is 31.6 Å². The van der Waals surface area contributed by atoms with E-state index in [9.17, 15) is 19.5 Å². The third-order valence-electron chi connectivity index (χ3n) is 8.60. The highest BCUT2D eigenvalue weighted by Crippen LogP contribution is 2.32. The fourth-order valence-electron chi connectivity index (χ4n) is 6.01. The second-order valence-corrected chi connectivity index (χ2v) is 12.8. The molecule has 2 aromatic rings. The van der Waals surface area contributed by atoms with Crippen LogP contribution in [-0.4, -0.2) is 107 Å². The second kappa shape index (κ2) is 12.6. The molecule has 3 aliphatic rings. The standard InChI is InChI=1S/C30H36Cl3N5O4/c1-19(39)35-9-11-36(12-10-35)28(40)26-4-3-23(16-27(26)33)34-24-17-38(18-24)25-5-7-37(8-6-25)29(41)30(2,42)20-13-21(31)15-22(32)14-20/h3-4,13-16,24-25,34,42H,5-12,17-18H2,1-2H3/t30-/m0/s1. The van der Waals surface area contributed by atoms with E-state index < -0.39 is 5.60 Å². The van der Waals surface area contributed by atoms with Crippen LogP contribution in [0.1, 0.15) is 42.6 Å². The van der Waals surface area contributed by atoms with Crippen LogP contribution in [0, 0.1) is 0 Å². The highest BCUT2D eigenvalue weighted by molar-refractivity contribution is 6.35. The van der Waals surface area contributed by atoms with E-state index in [1.165, 1.54) is 6.92 Å². The molecule has 3 heterocycles. The molecule has 5 rings (SSSR count). The highest BCUT2D eigenvalue weighted by Gasteiger charge is 2.40. The van der Waals surface area contributed by atoms with Gasteiger partial charge in [-0.15, -0.1) is 0 Å². The van der Waals surface area contributed by atoms with Crippen molar-refractivity contribution in [3.63, 3.8) is 0 Å². The molecule has 3 aliphatic heterocycles. The molecule has 0 unspecified atom stereocenters. The van der Waals surface area contributed by atoms with E-state index in [1.54, 1.807) is 52.0 Å². The van der Waals surface area contributed by atoms with Crippen LogP contribution in [0.5, 0.6) is 0 Å². The van der Waals surface area contributed by atoms with Crippen molar-refractivity contribution in [2.75, 3.05) is 57.7 Å². The number of piperazine rings is 1. The van der Waals surface area contributed by atoms with Crippen LogP contribution in [-0.2, 0) is 15.2 Å². The summed E-state index contributed by atoms with van der Waals surface area (Å²) >= 11 is 18.7. The Morgan fingerprint density at radius 2 is 1.45 bits per heavy atom. The Morgan fingerprint density at radius 1 is 0.857 bits per heavy atom. The summed E-state index contributed by atoms with van der Waals surface area (Å²) in [7, 11) is 0. The smallest absolute Gasteiger partial charge is 0.258 e. The van der Waals surface area contributed by atoms with Gasteiger partial charge in [0.15, 0.2) is 5.60 Å². The fraction of sp³-hybridized carbons (Fsp3) is 0.500. The third-order valence-corrected chi connectivity index (χ3v) is 9.35. The summed E-state index contributed by atoms with van der Waals surface area (Å²) in [5.41, 5.74) is 0.00612. The molecule has 0 aromatic heterocycles. The predicted molar refractivity (Wildman–Crippen MR) is 164 cm³/mol. The van der Waals surface area contributed by atoms with Crippen molar-refractivity contribution < 1.29 is 19.5 Å². The van der Waals surface area contributed by atoms with Crippen LogP contribution < -0.4 is 5.32 Å². The molecule has 3 saturated heterocycles. The highest BCUT2D eigenvalue weighted by atomic mass is 35.5. The lowest BCUT2D eigenvalue weighted by Gasteiger charge is -2.48. The number of carbonyl (C=O) groups is 3. The van der Waals surface area contributed by atoms with Crippen LogP contribution in [0.3, 0.4) is 0 Å². The number of benzene rings is 2. The fourth-order valence-corrected chi connectivity index (χ4v) is 6.80. The summed E-state index contributed by atoms with van der Waals surface area (Å²) in [6.07, 6.45) is 1.66. The molecular formula is C30H36Cl3N5O4. The minimum absolute atomic E-state index is 0.0240. The van der Waals surface area contributed by atoms with Gasteiger partial charge < -0.3 is 25.1 Å². The molecule has 12 heteroatoms. The SMILES string of the molecule is CC(=O)N1CCN(C(=O)c2ccc(NC3CN(C4CCN(C(=O)[C@@](C)(O)c5cc(Cl)cc(Cl)c5)CC4)C3)cc2Cl)CC1. The van der Waals surface area contributed by atoms with Gasteiger partial charge >= 0.3 is 0 Å². The molecule has 9 nitrogen and oxygen atoms in total. The molecule has 3 amide bonds. The van der Waals surface area contributed by atoms with E-state index in [2.05, 4.69) is 10.2 Å². The number of hydrogen-bond donors (Lipinski definition) is 2. The second-order valence-electron chi connectivity index (χ2n) is 11.5. The van der Waals surface area contributed by atoms with Gasteiger partial charge in [-0.05, 0) is 61.7 Å². The number of anilines is 1.